The number of rotatable bonds is 5. The van der Waals surface area contributed by atoms with Crippen LogP contribution in [0.1, 0.15) is 31.4 Å². The Kier molecular flexibility index (Phi) is 5.25. The van der Waals surface area contributed by atoms with Crippen LogP contribution >= 0.6 is 0 Å². The molecule has 0 radical (unpaired) electrons. The molecule has 2 aromatic rings. The van der Waals surface area contributed by atoms with Crippen LogP contribution in [0.5, 0.6) is 11.5 Å². The number of methoxy groups -OCH3 is 1. The van der Waals surface area contributed by atoms with Crippen molar-refractivity contribution >= 4 is 5.71 Å². The lowest BCUT2D eigenvalue weighted by Gasteiger charge is -2.31. The van der Waals surface area contributed by atoms with Crippen molar-refractivity contribution in [3.05, 3.63) is 59.4 Å². The molecule has 0 amide bonds. The van der Waals surface area contributed by atoms with E-state index in [4.69, 9.17) is 19.4 Å². The first-order valence-corrected chi connectivity index (χ1v) is 8.43. The van der Waals surface area contributed by atoms with Crippen LogP contribution in [0.3, 0.4) is 0 Å². The summed E-state index contributed by atoms with van der Waals surface area (Å²) >= 11 is 0. The summed E-state index contributed by atoms with van der Waals surface area (Å²) in [5.41, 5.74) is 1.29. The van der Waals surface area contributed by atoms with Gasteiger partial charge in [0.1, 0.15) is 22.9 Å². The highest BCUT2D eigenvalue weighted by molar-refractivity contribution is 5.98. The summed E-state index contributed by atoms with van der Waals surface area (Å²) in [6.07, 6.45) is 0.476. The SMILES string of the molecule is COC1(c2cc(F)cc(Oc3ccc(/C(C)=N/O)cc3)c2)CCOC1C. The Morgan fingerprint density at radius 2 is 1.96 bits per heavy atom. The van der Waals surface area contributed by atoms with E-state index in [2.05, 4.69) is 5.16 Å². The third-order valence-electron chi connectivity index (χ3n) is 4.88. The van der Waals surface area contributed by atoms with Crippen molar-refractivity contribution in [2.75, 3.05) is 13.7 Å². The molecule has 6 heteroatoms. The Hall–Kier alpha value is -2.44. The highest BCUT2D eigenvalue weighted by atomic mass is 19.1. The normalized spacial score (nSPS) is 23.2. The number of halogens is 1. The van der Waals surface area contributed by atoms with Crippen LogP contribution in [0.2, 0.25) is 0 Å². The molecule has 3 rings (SSSR count). The number of hydrogen-bond acceptors (Lipinski definition) is 5. The van der Waals surface area contributed by atoms with Gasteiger partial charge in [0.2, 0.25) is 0 Å². The number of nitrogens with zero attached hydrogens (tertiary/aromatic N) is 1. The topological polar surface area (TPSA) is 60.3 Å². The van der Waals surface area contributed by atoms with Crippen molar-refractivity contribution in [1.82, 2.24) is 0 Å². The molecule has 2 atom stereocenters. The lowest BCUT2D eigenvalue weighted by Crippen LogP contribution is -2.35. The van der Waals surface area contributed by atoms with Crippen molar-refractivity contribution in [3.63, 3.8) is 0 Å². The molecule has 5 nitrogen and oxygen atoms in total. The Bertz CT molecular complexity index is 806. The van der Waals surface area contributed by atoms with Crippen LogP contribution in [-0.2, 0) is 15.1 Å². The quantitative estimate of drug-likeness (QED) is 0.486. The standard InChI is InChI=1S/C20H22FNO4/c1-13(22-23)15-4-6-18(7-5-15)26-19-11-16(10-17(21)12-19)20(24-3)8-9-25-14(20)2/h4-7,10-12,14,23H,8-9H2,1-3H3/b22-13+. The van der Waals surface area contributed by atoms with E-state index < -0.39 is 11.4 Å². The van der Waals surface area contributed by atoms with E-state index in [1.54, 1.807) is 44.4 Å². The molecule has 1 heterocycles. The molecule has 1 aliphatic heterocycles. The van der Waals surface area contributed by atoms with E-state index in [1.165, 1.54) is 12.1 Å². The second-order valence-electron chi connectivity index (χ2n) is 6.34. The molecule has 0 aliphatic carbocycles. The Balaban J connectivity index is 1.89. The van der Waals surface area contributed by atoms with Gasteiger partial charge in [-0.05, 0) is 61.4 Å². The van der Waals surface area contributed by atoms with Crippen LogP contribution < -0.4 is 4.74 Å². The summed E-state index contributed by atoms with van der Waals surface area (Å²) in [6.45, 7) is 4.18. The first kappa shape index (κ1) is 18.4. The summed E-state index contributed by atoms with van der Waals surface area (Å²) in [5, 5.41) is 12.0. The lowest BCUT2D eigenvalue weighted by atomic mass is 9.87. The molecule has 0 aromatic heterocycles. The van der Waals surface area contributed by atoms with Gasteiger partial charge in [-0.15, -0.1) is 0 Å². The van der Waals surface area contributed by atoms with E-state index in [9.17, 15) is 4.39 Å². The minimum absolute atomic E-state index is 0.179. The number of ether oxygens (including phenoxy) is 3. The fraction of sp³-hybridized carbons (Fsp3) is 0.350. The fourth-order valence-corrected chi connectivity index (χ4v) is 3.31. The maximum Gasteiger partial charge on any atom is 0.130 e. The highest BCUT2D eigenvalue weighted by Gasteiger charge is 2.44. The largest absolute Gasteiger partial charge is 0.457 e. The lowest BCUT2D eigenvalue weighted by molar-refractivity contribution is -0.0649. The van der Waals surface area contributed by atoms with Gasteiger partial charge < -0.3 is 19.4 Å². The third kappa shape index (κ3) is 3.43. The monoisotopic (exact) mass is 359 g/mol. The maximum atomic E-state index is 14.2. The molecular formula is C20H22FNO4. The zero-order chi connectivity index (χ0) is 18.7. The molecule has 1 fully saturated rings. The second-order valence-corrected chi connectivity index (χ2v) is 6.34. The van der Waals surface area contributed by atoms with Crippen molar-refractivity contribution < 1.29 is 23.8 Å². The number of oxime groups is 1. The van der Waals surface area contributed by atoms with Gasteiger partial charge in [-0.25, -0.2) is 4.39 Å². The van der Waals surface area contributed by atoms with Crippen LogP contribution in [0.15, 0.2) is 47.6 Å². The Morgan fingerprint density at radius 1 is 1.23 bits per heavy atom. The van der Waals surface area contributed by atoms with E-state index in [1.807, 2.05) is 6.92 Å². The molecule has 0 bridgehead atoms. The molecule has 2 unspecified atom stereocenters. The molecule has 1 aliphatic rings. The molecule has 1 saturated heterocycles. The third-order valence-corrected chi connectivity index (χ3v) is 4.88. The molecule has 0 spiro atoms. The summed E-state index contributed by atoms with van der Waals surface area (Å²) in [5.74, 6) is 0.543. The molecular weight excluding hydrogens is 337 g/mol. The summed E-state index contributed by atoms with van der Waals surface area (Å²) in [4.78, 5) is 0. The average Bonchev–Trinajstić information content (AvgIpc) is 3.03. The van der Waals surface area contributed by atoms with Gasteiger partial charge >= 0.3 is 0 Å². The van der Waals surface area contributed by atoms with Crippen molar-refractivity contribution in [1.29, 1.82) is 0 Å². The van der Waals surface area contributed by atoms with Gasteiger partial charge in [-0.2, -0.15) is 0 Å². The van der Waals surface area contributed by atoms with Crippen molar-refractivity contribution in [2.45, 2.75) is 32.0 Å². The van der Waals surface area contributed by atoms with E-state index >= 15 is 0 Å². The first-order chi connectivity index (χ1) is 12.5. The van der Waals surface area contributed by atoms with Crippen LogP contribution in [0, 0.1) is 5.82 Å². The Labute approximate surface area is 152 Å². The predicted molar refractivity (Wildman–Crippen MR) is 95.6 cm³/mol. The molecule has 2 aromatic carbocycles. The molecule has 0 saturated carbocycles. The van der Waals surface area contributed by atoms with Gasteiger partial charge in [0.25, 0.3) is 0 Å². The molecule has 26 heavy (non-hydrogen) atoms. The predicted octanol–water partition coefficient (Wildman–Crippen LogP) is 4.47. The number of benzene rings is 2. The maximum absolute atomic E-state index is 14.2. The first-order valence-electron chi connectivity index (χ1n) is 8.43. The zero-order valence-electron chi connectivity index (χ0n) is 15.0. The van der Waals surface area contributed by atoms with Gasteiger partial charge in [0.05, 0.1) is 18.4 Å². The van der Waals surface area contributed by atoms with Crippen LogP contribution in [-0.4, -0.2) is 30.7 Å². The van der Waals surface area contributed by atoms with Crippen LogP contribution in [0.25, 0.3) is 0 Å². The van der Waals surface area contributed by atoms with Gasteiger partial charge in [0.15, 0.2) is 0 Å². The van der Waals surface area contributed by atoms with E-state index in [0.29, 0.717) is 35.8 Å². The second kappa shape index (κ2) is 7.43. The fourth-order valence-electron chi connectivity index (χ4n) is 3.31. The molecule has 1 N–H and O–H groups in total. The summed E-state index contributed by atoms with van der Waals surface area (Å²) in [7, 11) is 1.61. The van der Waals surface area contributed by atoms with Crippen molar-refractivity contribution in [2.24, 2.45) is 5.16 Å². The Morgan fingerprint density at radius 3 is 2.54 bits per heavy atom. The zero-order valence-corrected chi connectivity index (χ0v) is 15.0. The van der Waals surface area contributed by atoms with Gasteiger partial charge in [0, 0.05) is 19.6 Å². The van der Waals surface area contributed by atoms with Gasteiger partial charge in [-0.1, -0.05) is 5.16 Å². The smallest absolute Gasteiger partial charge is 0.130 e. The average molecular weight is 359 g/mol. The van der Waals surface area contributed by atoms with E-state index in [0.717, 1.165) is 5.56 Å². The summed E-state index contributed by atoms with van der Waals surface area (Å²) in [6, 6.07) is 11.6. The van der Waals surface area contributed by atoms with Crippen molar-refractivity contribution in [3.8, 4) is 11.5 Å². The highest BCUT2D eigenvalue weighted by Crippen LogP contribution is 2.41. The van der Waals surface area contributed by atoms with E-state index in [-0.39, 0.29) is 6.10 Å². The van der Waals surface area contributed by atoms with Crippen LogP contribution in [0.4, 0.5) is 4.39 Å². The molecule has 138 valence electrons. The van der Waals surface area contributed by atoms with Gasteiger partial charge in [-0.3, -0.25) is 0 Å². The minimum atomic E-state index is -0.682. The number of hydrogen-bond donors (Lipinski definition) is 1. The summed E-state index contributed by atoms with van der Waals surface area (Å²) < 4.78 is 31.4. The minimum Gasteiger partial charge on any atom is -0.457 e.